The Morgan fingerprint density at radius 1 is 1.50 bits per heavy atom. The fraction of sp³-hybridized carbons (Fsp3) is 0.545. The first-order valence-electron chi connectivity index (χ1n) is 5.00. The van der Waals surface area contributed by atoms with Gasteiger partial charge in [0.2, 0.25) is 0 Å². The fourth-order valence-corrected chi connectivity index (χ4v) is 3.13. The molecule has 0 bridgehead atoms. The highest BCUT2D eigenvalue weighted by atomic mass is 32.2. The van der Waals surface area contributed by atoms with Crippen molar-refractivity contribution in [2.24, 2.45) is 0 Å². The Morgan fingerprint density at radius 3 is 3.00 bits per heavy atom. The molecule has 0 aliphatic carbocycles. The number of aromatic nitrogens is 1. The Bertz CT molecular complexity index is 338. The third-order valence-electron chi connectivity index (χ3n) is 2.63. The van der Waals surface area contributed by atoms with Crippen LogP contribution in [0.1, 0.15) is 36.6 Å². The summed E-state index contributed by atoms with van der Waals surface area (Å²) in [6.45, 7) is 4.32. The number of pyridine rings is 1. The first kappa shape index (κ1) is 9.99. The number of rotatable bonds is 1. The summed E-state index contributed by atoms with van der Waals surface area (Å²) in [6.07, 6.45) is 2.78. The van der Waals surface area contributed by atoms with E-state index in [1.165, 1.54) is 16.8 Å². The maximum atomic E-state index is 11.4. The molecule has 1 unspecified atom stereocenters. The Morgan fingerprint density at radius 2 is 2.29 bits per heavy atom. The van der Waals surface area contributed by atoms with Crippen LogP contribution in [0.4, 0.5) is 0 Å². The van der Waals surface area contributed by atoms with E-state index >= 15 is 0 Å². The van der Waals surface area contributed by atoms with Crippen molar-refractivity contribution in [3.05, 3.63) is 29.1 Å². The summed E-state index contributed by atoms with van der Waals surface area (Å²) in [5.41, 5.74) is 3.79. The van der Waals surface area contributed by atoms with E-state index in [1.807, 2.05) is 12.3 Å². The molecule has 0 aromatic carbocycles. The van der Waals surface area contributed by atoms with Gasteiger partial charge in [0, 0.05) is 23.9 Å². The first-order valence-corrected chi connectivity index (χ1v) is 6.49. The Kier molecular flexibility index (Phi) is 2.79. The second-order valence-corrected chi connectivity index (χ2v) is 5.60. The molecule has 2 heterocycles. The lowest BCUT2D eigenvalue weighted by atomic mass is 9.98. The molecule has 0 saturated heterocycles. The summed E-state index contributed by atoms with van der Waals surface area (Å²) in [4.78, 5) is 4.42. The molecule has 14 heavy (non-hydrogen) atoms. The van der Waals surface area contributed by atoms with Crippen molar-refractivity contribution in [3.63, 3.8) is 0 Å². The zero-order chi connectivity index (χ0) is 10.1. The van der Waals surface area contributed by atoms with Gasteiger partial charge in [0.05, 0.1) is 0 Å². The van der Waals surface area contributed by atoms with E-state index in [1.54, 1.807) is 0 Å². The van der Waals surface area contributed by atoms with E-state index in [9.17, 15) is 4.55 Å². The highest BCUT2D eigenvalue weighted by Gasteiger charge is 2.22. The molecule has 0 saturated carbocycles. The summed E-state index contributed by atoms with van der Waals surface area (Å²) in [6, 6.07) is 2.01. The molecular weight excluding hydrogens is 194 g/mol. The molecular formula is C11H15NOS. The van der Waals surface area contributed by atoms with Crippen molar-refractivity contribution in [3.8, 4) is 0 Å². The third-order valence-corrected chi connectivity index (χ3v) is 3.92. The van der Waals surface area contributed by atoms with Gasteiger partial charge < -0.3 is 4.55 Å². The van der Waals surface area contributed by atoms with E-state index in [-0.39, 0.29) is 0 Å². The summed E-state index contributed by atoms with van der Waals surface area (Å²) < 4.78 is 11.4. The van der Waals surface area contributed by atoms with Gasteiger partial charge in [-0.25, -0.2) is 0 Å². The molecule has 1 aliphatic heterocycles. The molecule has 0 N–H and O–H groups in total. The van der Waals surface area contributed by atoms with Gasteiger partial charge in [-0.3, -0.25) is 4.98 Å². The van der Waals surface area contributed by atoms with Crippen molar-refractivity contribution < 1.29 is 4.55 Å². The van der Waals surface area contributed by atoms with E-state index in [4.69, 9.17) is 0 Å². The number of fused-ring (bicyclic) bond motifs is 1. The second-order valence-electron chi connectivity index (χ2n) is 4.03. The average molecular weight is 209 g/mol. The molecule has 2 rings (SSSR count). The van der Waals surface area contributed by atoms with Gasteiger partial charge in [0.25, 0.3) is 0 Å². The zero-order valence-corrected chi connectivity index (χ0v) is 9.43. The van der Waals surface area contributed by atoms with E-state index < -0.39 is 11.2 Å². The lowest BCUT2D eigenvalue weighted by Crippen LogP contribution is -2.21. The molecule has 0 amide bonds. The van der Waals surface area contributed by atoms with Crippen molar-refractivity contribution in [1.82, 2.24) is 4.98 Å². The SMILES string of the molecule is CC(C)c1nccc2c1CC[S+]([O-])C2. The van der Waals surface area contributed by atoms with Crippen LogP contribution < -0.4 is 0 Å². The van der Waals surface area contributed by atoms with Gasteiger partial charge in [-0.05, 0) is 28.7 Å². The molecule has 1 atom stereocenters. The highest BCUT2D eigenvalue weighted by Crippen LogP contribution is 2.26. The summed E-state index contributed by atoms with van der Waals surface area (Å²) >= 11 is -0.651. The largest absolute Gasteiger partial charge is 0.616 e. The summed E-state index contributed by atoms with van der Waals surface area (Å²) in [5.74, 6) is 1.99. The van der Waals surface area contributed by atoms with Crippen molar-refractivity contribution in [1.29, 1.82) is 0 Å². The van der Waals surface area contributed by atoms with Crippen LogP contribution in [0.15, 0.2) is 12.3 Å². The molecule has 2 nitrogen and oxygen atoms in total. The number of hydrogen-bond donors (Lipinski definition) is 0. The molecule has 1 aromatic rings. The molecule has 1 aliphatic rings. The van der Waals surface area contributed by atoms with Gasteiger partial charge in [-0.1, -0.05) is 13.8 Å². The third kappa shape index (κ3) is 1.79. The van der Waals surface area contributed by atoms with Crippen molar-refractivity contribution in [2.75, 3.05) is 5.75 Å². The van der Waals surface area contributed by atoms with Crippen LogP contribution in [-0.4, -0.2) is 15.3 Å². The quantitative estimate of drug-likeness (QED) is 0.663. The zero-order valence-electron chi connectivity index (χ0n) is 8.62. The minimum absolute atomic E-state index is 0.469. The van der Waals surface area contributed by atoms with Gasteiger partial charge in [0.15, 0.2) is 0 Å². The summed E-state index contributed by atoms with van der Waals surface area (Å²) in [7, 11) is 0. The van der Waals surface area contributed by atoms with Gasteiger partial charge in [-0.2, -0.15) is 0 Å². The van der Waals surface area contributed by atoms with Crippen LogP contribution in [0.25, 0.3) is 0 Å². The Balaban J connectivity index is 2.41. The lowest BCUT2D eigenvalue weighted by molar-refractivity contribution is 0.589. The van der Waals surface area contributed by atoms with Gasteiger partial charge >= 0.3 is 0 Å². The minimum Gasteiger partial charge on any atom is -0.616 e. The van der Waals surface area contributed by atoms with E-state index in [0.29, 0.717) is 5.92 Å². The second kappa shape index (κ2) is 3.91. The van der Waals surface area contributed by atoms with Crippen LogP contribution in [0.5, 0.6) is 0 Å². The molecule has 1 aromatic heterocycles. The number of hydrogen-bond acceptors (Lipinski definition) is 2. The predicted molar refractivity (Wildman–Crippen MR) is 58.7 cm³/mol. The molecule has 76 valence electrons. The van der Waals surface area contributed by atoms with E-state index in [2.05, 4.69) is 18.8 Å². The Hall–Kier alpha value is -0.540. The maximum Gasteiger partial charge on any atom is 0.131 e. The van der Waals surface area contributed by atoms with Gasteiger partial charge in [-0.15, -0.1) is 0 Å². The highest BCUT2D eigenvalue weighted by molar-refractivity contribution is 7.90. The minimum atomic E-state index is -0.651. The standard InChI is InChI=1S/C11H15NOS/c1-8(2)11-10-4-6-14(13)7-9(10)3-5-12-11/h3,5,8H,4,6-7H2,1-2H3. The monoisotopic (exact) mass is 209 g/mol. The molecule has 0 spiro atoms. The smallest absolute Gasteiger partial charge is 0.131 e. The molecule has 0 fully saturated rings. The normalized spacial score (nSPS) is 21.0. The topological polar surface area (TPSA) is 36.0 Å². The van der Waals surface area contributed by atoms with E-state index in [0.717, 1.165) is 17.9 Å². The van der Waals surface area contributed by atoms with Crippen molar-refractivity contribution >= 4 is 11.2 Å². The number of nitrogens with zero attached hydrogens (tertiary/aromatic N) is 1. The fourth-order valence-electron chi connectivity index (χ4n) is 1.93. The van der Waals surface area contributed by atoms with Crippen LogP contribution in [-0.2, 0) is 23.3 Å². The molecule has 3 heteroatoms. The predicted octanol–water partition coefficient (Wildman–Crippen LogP) is 2.01. The van der Waals surface area contributed by atoms with Crippen molar-refractivity contribution in [2.45, 2.75) is 31.9 Å². The first-order chi connectivity index (χ1) is 6.68. The average Bonchev–Trinajstić information content (AvgIpc) is 2.16. The van der Waals surface area contributed by atoms with Crippen LogP contribution in [0.3, 0.4) is 0 Å². The van der Waals surface area contributed by atoms with Crippen LogP contribution in [0, 0.1) is 0 Å². The maximum absolute atomic E-state index is 11.4. The Labute approximate surface area is 87.9 Å². The summed E-state index contributed by atoms with van der Waals surface area (Å²) in [5, 5.41) is 0. The molecule has 0 radical (unpaired) electrons. The van der Waals surface area contributed by atoms with Crippen LogP contribution >= 0.6 is 0 Å². The van der Waals surface area contributed by atoms with Crippen LogP contribution in [0.2, 0.25) is 0 Å². The van der Waals surface area contributed by atoms with Gasteiger partial charge in [0.1, 0.15) is 11.5 Å². The lowest BCUT2D eigenvalue weighted by Gasteiger charge is -2.22.